The topological polar surface area (TPSA) is 123 Å². The molecule has 1 saturated heterocycles. The minimum Gasteiger partial charge on any atom is -0.478 e. The maximum Gasteiger partial charge on any atom is 0.328 e. The van der Waals surface area contributed by atoms with Gasteiger partial charge in [0.05, 0.1) is 28.2 Å². The van der Waals surface area contributed by atoms with Gasteiger partial charge in [-0.05, 0) is 18.2 Å². The number of aliphatic carboxylic acids is 2. The average Bonchev–Trinajstić information content (AvgIpc) is 3.08. The van der Waals surface area contributed by atoms with Crippen LogP contribution in [0, 0.1) is 0 Å². The molecule has 0 bridgehead atoms. The fraction of sp³-hybridized carbons (Fsp3) is 0.320. The number of aliphatic hydroxyl groups is 1. The molecule has 186 valence electrons. The number of carbonyl (C=O) groups is 2. The van der Waals surface area contributed by atoms with Crippen LogP contribution in [0.3, 0.4) is 0 Å². The standard InChI is InChI=1S/C21H25N3O2S.C4H4O4/c25-14-16-26-15-13-23-9-11-24(12-10-23)21-17-5-1-3-7-19(17)27-20-8-4-2-6-18(20)22-21;5-3(6)1-2-4(7)8/h1-8,25H,9-16H2;1-2H,(H,5,6)(H,7,8)/i13D2,15D2;. The van der Waals surface area contributed by atoms with Gasteiger partial charge in [0.1, 0.15) is 5.84 Å². The van der Waals surface area contributed by atoms with E-state index in [1.54, 1.807) is 11.8 Å². The predicted octanol–water partition coefficient (Wildman–Crippen LogP) is 2.57. The fourth-order valence-electron chi connectivity index (χ4n) is 3.28. The Hall–Kier alpha value is -3.18. The number of hydrogen-bond acceptors (Lipinski definition) is 8. The summed E-state index contributed by atoms with van der Waals surface area (Å²) < 4.78 is 37.6. The van der Waals surface area contributed by atoms with Crippen molar-refractivity contribution in [2.75, 3.05) is 52.4 Å². The summed E-state index contributed by atoms with van der Waals surface area (Å²) in [6, 6.07) is 16.2. The molecule has 0 spiro atoms. The monoisotopic (exact) mass is 503 g/mol. The smallest absolute Gasteiger partial charge is 0.328 e. The Kier molecular flexibility index (Phi) is 8.24. The lowest BCUT2D eigenvalue weighted by Gasteiger charge is -2.36. The fourth-order valence-corrected chi connectivity index (χ4v) is 4.29. The second-order valence-electron chi connectivity index (χ2n) is 7.27. The van der Waals surface area contributed by atoms with E-state index in [4.69, 9.17) is 30.5 Å². The van der Waals surface area contributed by atoms with Gasteiger partial charge in [-0.1, -0.05) is 42.1 Å². The van der Waals surface area contributed by atoms with E-state index in [0.717, 1.165) is 26.9 Å². The molecule has 3 N–H and O–H groups in total. The van der Waals surface area contributed by atoms with Crippen molar-refractivity contribution in [1.29, 1.82) is 0 Å². The lowest BCUT2D eigenvalue weighted by molar-refractivity contribution is -0.134. The van der Waals surface area contributed by atoms with E-state index in [9.17, 15) is 9.59 Å². The van der Waals surface area contributed by atoms with Crippen molar-refractivity contribution >= 4 is 35.2 Å². The van der Waals surface area contributed by atoms with Gasteiger partial charge in [0.15, 0.2) is 0 Å². The second-order valence-corrected chi connectivity index (χ2v) is 8.35. The number of piperazine rings is 1. The van der Waals surface area contributed by atoms with Gasteiger partial charge in [-0.25, -0.2) is 14.6 Å². The van der Waals surface area contributed by atoms with E-state index in [-0.39, 0.29) is 13.2 Å². The van der Waals surface area contributed by atoms with E-state index < -0.39 is 25.0 Å². The number of carboxylic acids is 2. The van der Waals surface area contributed by atoms with E-state index in [1.807, 2.05) is 30.3 Å². The summed E-state index contributed by atoms with van der Waals surface area (Å²) >= 11 is 1.69. The van der Waals surface area contributed by atoms with Crippen LogP contribution in [0.1, 0.15) is 11.0 Å². The van der Waals surface area contributed by atoms with Crippen LogP contribution in [0.15, 0.2) is 75.5 Å². The summed E-state index contributed by atoms with van der Waals surface area (Å²) in [5.74, 6) is -1.66. The number of ether oxygens (including phenoxy) is 1. The van der Waals surface area contributed by atoms with Gasteiger partial charge < -0.3 is 25.0 Å². The summed E-state index contributed by atoms with van der Waals surface area (Å²) in [5, 5.41) is 24.5. The number of amidine groups is 1. The Morgan fingerprint density at radius 1 is 1.00 bits per heavy atom. The highest BCUT2D eigenvalue weighted by molar-refractivity contribution is 7.99. The van der Waals surface area contributed by atoms with Crippen molar-refractivity contribution in [2.45, 2.75) is 9.79 Å². The molecule has 4 rings (SSSR count). The quantitative estimate of drug-likeness (QED) is 0.489. The third-order valence-corrected chi connectivity index (χ3v) is 6.00. The molecule has 0 aromatic heterocycles. The molecule has 2 aromatic rings. The largest absolute Gasteiger partial charge is 0.478 e. The normalized spacial score (nSPS) is 17.9. The van der Waals surface area contributed by atoms with Gasteiger partial charge in [0.25, 0.3) is 0 Å². The summed E-state index contributed by atoms with van der Waals surface area (Å²) in [7, 11) is 0. The van der Waals surface area contributed by atoms with Crippen molar-refractivity contribution in [2.24, 2.45) is 4.99 Å². The number of carboxylic acid groups (broad SMARTS) is 2. The second kappa shape index (κ2) is 13.6. The third kappa shape index (κ3) is 8.22. The van der Waals surface area contributed by atoms with Gasteiger partial charge in [-0.3, -0.25) is 4.90 Å². The van der Waals surface area contributed by atoms with Crippen LogP contribution in [-0.2, 0) is 14.3 Å². The van der Waals surface area contributed by atoms with Crippen LogP contribution >= 0.6 is 11.8 Å². The number of aliphatic imine (C=N–C) groups is 1. The van der Waals surface area contributed by atoms with Crippen LogP contribution in [0.25, 0.3) is 0 Å². The van der Waals surface area contributed by atoms with Gasteiger partial charge in [-0.2, -0.15) is 0 Å². The van der Waals surface area contributed by atoms with E-state index >= 15 is 0 Å². The zero-order valence-electron chi connectivity index (χ0n) is 22.8. The van der Waals surface area contributed by atoms with Gasteiger partial charge in [0, 0.05) is 62.9 Å². The number of nitrogens with zero attached hydrogens (tertiary/aromatic N) is 3. The molecule has 0 amide bonds. The molecule has 35 heavy (non-hydrogen) atoms. The molecular formula is C25H29N3O6S. The molecule has 10 heteroatoms. The van der Waals surface area contributed by atoms with E-state index in [1.165, 1.54) is 4.90 Å². The van der Waals surface area contributed by atoms with Crippen LogP contribution in [0.5, 0.6) is 0 Å². The highest BCUT2D eigenvalue weighted by atomic mass is 32.2. The molecule has 2 aromatic carbocycles. The van der Waals surface area contributed by atoms with Gasteiger partial charge in [0.2, 0.25) is 0 Å². The highest BCUT2D eigenvalue weighted by Gasteiger charge is 2.24. The Morgan fingerprint density at radius 3 is 2.29 bits per heavy atom. The highest BCUT2D eigenvalue weighted by Crippen LogP contribution is 2.40. The summed E-state index contributed by atoms with van der Waals surface area (Å²) in [6.45, 7) is -3.79. The first-order valence-corrected chi connectivity index (χ1v) is 11.6. The van der Waals surface area contributed by atoms with Crippen LogP contribution in [-0.4, -0.2) is 95.3 Å². The number of para-hydroxylation sites is 1. The minimum absolute atomic E-state index is 0.253. The molecule has 0 unspecified atom stereocenters. The molecule has 2 aliphatic rings. The predicted molar refractivity (Wildman–Crippen MR) is 134 cm³/mol. The minimum atomic E-state index is -2.53. The van der Waals surface area contributed by atoms with Crippen molar-refractivity contribution < 1.29 is 35.1 Å². The molecule has 0 atom stereocenters. The number of hydrogen-bond donors (Lipinski definition) is 3. The molecule has 0 saturated carbocycles. The van der Waals surface area contributed by atoms with Crippen LogP contribution < -0.4 is 0 Å². The van der Waals surface area contributed by atoms with Crippen LogP contribution in [0.4, 0.5) is 5.69 Å². The number of aliphatic hydroxyl groups excluding tert-OH is 1. The molecule has 2 heterocycles. The van der Waals surface area contributed by atoms with Crippen LogP contribution in [0.2, 0.25) is 0 Å². The molecule has 0 aliphatic carbocycles. The maximum atomic E-state index is 9.55. The van der Waals surface area contributed by atoms with Crippen molar-refractivity contribution in [1.82, 2.24) is 9.80 Å². The molecule has 0 radical (unpaired) electrons. The number of rotatable bonds is 7. The van der Waals surface area contributed by atoms with E-state index in [0.29, 0.717) is 38.3 Å². The number of fused-ring (bicyclic) bond motifs is 2. The summed E-state index contributed by atoms with van der Waals surface area (Å²) in [4.78, 5) is 29.9. The zero-order valence-corrected chi connectivity index (χ0v) is 19.6. The maximum absolute atomic E-state index is 9.55. The Morgan fingerprint density at radius 2 is 1.63 bits per heavy atom. The summed E-state index contributed by atoms with van der Waals surface area (Å²) in [5.41, 5.74) is 1.95. The Balaban J connectivity index is 0.000000459. The van der Waals surface area contributed by atoms with Gasteiger partial charge >= 0.3 is 11.9 Å². The zero-order chi connectivity index (χ0) is 28.6. The van der Waals surface area contributed by atoms with E-state index in [2.05, 4.69) is 23.1 Å². The first kappa shape index (κ1) is 21.1. The Labute approximate surface area is 214 Å². The lowest BCUT2D eigenvalue weighted by atomic mass is 10.1. The third-order valence-electron chi connectivity index (χ3n) is 4.86. The molecular weight excluding hydrogens is 470 g/mol. The van der Waals surface area contributed by atoms with Crippen molar-refractivity contribution in [3.8, 4) is 0 Å². The SMILES string of the molecule is O=C(O)C=CC(=O)O.[2H]C([2H])(OCCO)C([2H])([2H])N1CCN(C2=Nc3ccccc3Sc3ccccc32)CC1. The molecule has 2 aliphatic heterocycles. The lowest BCUT2D eigenvalue weighted by Crippen LogP contribution is -2.49. The number of benzene rings is 2. The summed E-state index contributed by atoms with van der Waals surface area (Å²) in [6.07, 6.45) is 1.12. The van der Waals surface area contributed by atoms with Crippen molar-refractivity contribution in [3.63, 3.8) is 0 Å². The molecule has 1 fully saturated rings. The first-order valence-electron chi connectivity index (χ1n) is 12.8. The van der Waals surface area contributed by atoms with Gasteiger partial charge in [-0.15, -0.1) is 0 Å². The Bertz CT molecular complexity index is 1220. The average molecular weight is 504 g/mol. The van der Waals surface area contributed by atoms with Crippen molar-refractivity contribution in [3.05, 3.63) is 66.2 Å². The molecule has 9 nitrogen and oxygen atoms in total. The first-order chi connectivity index (χ1) is 18.5.